The van der Waals surface area contributed by atoms with Crippen LogP contribution in [-0.2, 0) is 11.2 Å². The first-order chi connectivity index (χ1) is 17.1. The number of carbonyl (C=O) groups excluding carboxylic acids is 2. The van der Waals surface area contributed by atoms with Crippen LogP contribution in [0.15, 0.2) is 36.4 Å². The Labute approximate surface area is 207 Å². The van der Waals surface area contributed by atoms with E-state index in [0.29, 0.717) is 44.2 Å². The molecule has 1 fully saturated rings. The fourth-order valence-corrected chi connectivity index (χ4v) is 5.82. The molecular formula is C28H35N3O4. The van der Waals surface area contributed by atoms with Gasteiger partial charge in [0.25, 0.3) is 5.91 Å². The average Bonchev–Trinajstić information content (AvgIpc) is 2.89. The monoisotopic (exact) mass is 477 g/mol. The largest absolute Gasteiger partial charge is 0.490 e. The van der Waals surface area contributed by atoms with Gasteiger partial charge in [-0.15, -0.1) is 0 Å². The van der Waals surface area contributed by atoms with E-state index in [2.05, 4.69) is 11.8 Å². The molecule has 2 atom stereocenters. The second-order valence-electron chi connectivity index (χ2n) is 9.38. The van der Waals surface area contributed by atoms with Gasteiger partial charge in [0.05, 0.1) is 25.2 Å². The highest BCUT2D eigenvalue weighted by Crippen LogP contribution is 2.49. The molecule has 3 aliphatic rings. The number of hydrogen-bond acceptors (Lipinski definition) is 5. The van der Waals surface area contributed by atoms with Gasteiger partial charge in [-0.05, 0) is 61.7 Å². The van der Waals surface area contributed by atoms with Crippen LogP contribution in [0.3, 0.4) is 0 Å². The van der Waals surface area contributed by atoms with E-state index in [4.69, 9.17) is 9.47 Å². The summed E-state index contributed by atoms with van der Waals surface area (Å²) in [5.41, 5.74) is 3.60. The molecule has 35 heavy (non-hydrogen) atoms. The van der Waals surface area contributed by atoms with Crippen LogP contribution < -0.4 is 9.47 Å². The molecule has 3 heterocycles. The van der Waals surface area contributed by atoms with E-state index in [1.165, 1.54) is 0 Å². The van der Waals surface area contributed by atoms with Gasteiger partial charge >= 0.3 is 0 Å². The normalized spacial score (nSPS) is 21.7. The predicted molar refractivity (Wildman–Crippen MR) is 134 cm³/mol. The number of fused-ring (bicyclic) bond motifs is 4. The average molecular weight is 478 g/mol. The van der Waals surface area contributed by atoms with Gasteiger partial charge in [0.2, 0.25) is 5.91 Å². The molecular weight excluding hydrogens is 442 g/mol. The number of piperazine rings is 1. The third-order valence-corrected chi connectivity index (χ3v) is 7.58. The standard InChI is InChI=1S/C28H35N3O4/c1-4-29-13-15-30(16-14-29)28(33)25-20-9-7-8-10-21(20)27(32)31-12-11-19-17-23(34-5-2)24(35-6-3)18-22(19)26(25)31/h7-10,17-18,25-26H,4-6,11-16H2,1-3H3. The molecule has 0 N–H and O–H groups in total. The van der Waals surface area contributed by atoms with Crippen molar-refractivity contribution >= 4 is 11.8 Å². The number of ether oxygens (including phenoxy) is 2. The molecule has 2 aromatic rings. The van der Waals surface area contributed by atoms with E-state index >= 15 is 0 Å². The van der Waals surface area contributed by atoms with Crippen LogP contribution in [0.5, 0.6) is 11.5 Å². The molecule has 5 rings (SSSR count). The number of hydrogen-bond donors (Lipinski definition) is 0. The molecule has 7 heteroatoms. The molecule has 0 bridgehead atoms. The number of amides is 2. The zero-order valence-electron chi connectivity index (χ0n) is 21.0. The zero-order valence-corrected chi connectivity index (χ0v) is 21.0. The first-order valence-corrected chi connectivity index (χ1v) is 12.9. The molecule has 186 valence electrons. The van der Waals surface area contributed by atoms with Crippen LogP contribution in [0.4, 0.5) is 0 Å². The summed E-state index contributed by atoms with van der Waals surface area (Å²) in [6.45, 7) is 11.9. The number of benzene rings is 2. The summed E-state index contributed by atoms with van der Waals surface area (Å²) in [5.74, 6) is 1.06. The minimum atomic E-state index is -0.441. The van der Waals surface area contributed by atoms with Crippen LogP contribution in [-0.4, -0.2) is 79.0 Å². The minimum absolute atomic E-state index is 0.00273. The van der Waals surface area contributed by atoms with Gasteiger partial charge in [-0.1, -0.05) is 25.1 Å². The molecule has 2 aromatic carbocycles. The zero-order chi connectivity index (χ0) is 24.5. The molecule has 3 aliphatic heterocycles. The summed E-state index contributed by atoms with van der Waals surface area (Å²) < 4.78 is 11.8. The molecule has 0 aromatic heterocycles. The number of nitrogens with zero attached hydrogens (tertiary/aromatic N) is 3. The quantitative estimate of drug-likeness (QED) is 0.638. The van der Waals surface area contributed by atoms with Crippen molar-refractivity contribution in [2.24, 2.45) is 0 Å². The van der Waals surface area contributed by atoms with E-state index in [1.54, 1.807) is 0 Å². The third kappa shape index (κ3) is 4.16. The highest BCUT2D eigenvalue weighted by Gasteiger charge is 2.48. The Morgan fingerprint density at radius 2 is 1.60 bits per heavy atom. The maximum atomic E-state index is 14.2. The van der Waals surface area contributed by atoms with Crippen molar-refractivity contribution in [3.63, 3.8) is 0 Å². The number of carbonyl (C=O) groups is 2. The smallest absolute Gasteiger partial charge is 0.254 e. The van der Waals surface area contributed by atoms with E-state index in [-0.39, 0.29) is 17.9 Å². The lowest BCUT2D eigenvalue weighted by atomic mass is 9.75. The van der Waals surface area contributed by atoms with Crippen LogP contribution in [0.2, 0.25) is 0 Å². The summed E-state index contributed by atoms with van der Waals surface area (Å²) in [4.78, 5) is 34.1. The van der Waals surface area contributed by atoms with E-state index in [1.807, 2.05) is 60.0 Å². The van der Waals surface area contributed by atoms with Gasteiger partial charge in [0.1, 0.15) is 0 Å². The van der Waals surface area contributed by atoms with Gasteiger partial charge in [-0.2, -0.15) is 0 Å². The number of rotatable bonds is 6. The van der Waals surface area contributed by atoms with Crippen molar-refractivity contribution in [1.29, 1.82) is 0 Å². The summed E-state index contributed by atoms with van der Waals surface area (Å²) in [6, 6.07) is 11.4. The van der Waals surface area contributed by atoms with E-state index in [9.17, 15) is 9.59 Å². The third-order valence-electron chi connectivity index (χ3n) is 7.58. The maximum absolute atomic E-state index is 14.2. The van der Waals surface area contributed by atoms with Gasteiger partial charge in [0.15, 0.2) is 11.5 Å². The lowest BCUT2D eigenvalue weighted by Crippen LogP contribution is -2.54. The number of likely N-dealkylation sites (N-methyl/N-ethyl adjacent to an activating group) is 1. The summed E-state index contributed by atoms with van der Waals surface area (Å²) in [6.07, 6.45) is 0.725. The first kappa shape index (κ1) is 23.7. The molecule has 0 aliphatic carbocycles. The fourth-order valence-electron chi connectivity index (χ4n) is 5.82. The highest BCUT2D eigenvalue weighted by molar-refractivity contribution is 6.01. The lowest BCUT2D eigenvalue weighted by molar-refractivity contribution is -0.136. The van der Waals surface area contributed by atoms with Gasteiger partial charge in [0, 0.05) is 38.3 Å². The molecule has 2 unspecified atom stereocenters. The lowest BCUT2D eigenvalue weighted by Gasteiger charge is -2.47. The molecule has 2 amide bonds. The van der Waals surface area contributed by atoms with E-state index in [0.717, 1.165) is 48.5 Å². The van der Waals surface area contributed by atoms with Gasteiger partial charge < -0.3 is 24.2 Å². The molecule has 7 nitrogen and oxygen atoms in total. The van der Waals surface area contributed by atoms with Crippen molar-refractivity contribution in [3.05, 3.63) is 58.7 Å². The Morgan fingerprint density at radius 3 is 2.29 bits per heavy atom. The fraction of sp³-hybridized carbons (Fsp3) is 0.500. The van der Waals surface area contributed by atoms with Crippen molar-refractivity contribution in [3.8, 4) is 11.5 Å². The Morgan fingerprint density at radius 1 is 0.914 bits per heavy atom. The summed E-state index contributed by atoms with van der Waals surface area (Å²) in [5, 5.41) is 0. The minimum Gasteiger partial charge on any atom is -0.490 e. The molecule has 0 saturated carbocycles. The molecule has 1 saturated heterocycles. The van der Waals surface area contributed by atoms with Crippen molar-refractivity contribution in [2.45, 2.75) is 39.2 Å². The first-order valence-electron chi connectivity index (χ1n) is 12.9. The predicted octanol–water partition coefficient (Wildman–Crippen LogP) is 3.48. The summed E-state index contributed by atoms with van der Waals surface area (Å²) in [7, 11) is 0. The van der Waals surface area contributed by atoms with Gasteiger partial charge in [-0.3, -0.25) is 9.59 Å². The second-order valence-corrected chi connectivity index (χ2v) is 9.38. The second kappa shape index (κ2) is 9.90. The highest BCUT2D eigenvalue weighted by atomic mass is 16.5. The molecule has 0 spiro atoms. The summed E-state index contributed by atoms with van der Waals surface area (Å²) >= 11 is 0. The van der Waals surface area contributed by atoms with Crippen molar-refractivity contribution < 1.29 is 19.1 Å². The Bertz CT molecular complexity index is 1110. The molecule has 0 radical (unpaired) electrons. The Balaban J connectivity index is 1.61. The van der Waals surface area contributed by atoms with Crippen molar-refractivity contribution in [1.82, 2.24) is 14.7 Å². The Kier molecular flexibility index (Phi) is 6.69. The van der Waals surface area contributed by atoms with E-state index < -0.39 is 5.92 Å². The Hall–Kier alpha value is -3.06. The van der Waals surface area contributed by atoms with Crippen LogP contribution in [0.1, 0.15) is 59.8 Å². The maximum Gasteiger partial charge on any atom is 0.254 e. The van der Waals surface area contributed by atoms with Gasteiger partial charge in [-0.25, -0.2) is 0 Å². The topological polar surface area (TPSA) is 62.3 Å². The van der Waals surface area contributed by atoms with Crippen LogP contribution in [0.25, 0.3) is 0 Å². The van der Waals surface area contributed by atoms with Crippen molar-refractivity contribution in [2.75, 3.05) is 52.5 Å². The SMILES string of the molecule is CCOc1cc2c(cc1OCC)C1C(C(=O)N3CCN(CC)CC3)c3ccccc3C(=O)N1CC2. The van der Waals surface area contributed by atoms with Crippen LogP contribution >= 0.6 is 0 Å². The van der Waals surface area contributed by atoms with Crippen LogP contribution in [0, 0.1) is 0 Å².